The smallest absolute Gasteiger partial charge is 0.271 e. The Hall–Kier alpha value is -3.08. The summed E-state index contributed by atoms with van der Waals surface area (Å²) >= 11 is 0. The van der Waals surface area contributed by atoms with E-state index in [4.69, 9.17) is 9.47 Å². The molecule has 0 unspecified atom stereocenters. The Morgan fingerprint density at radius 2 is 1.92 bits per heavy atom. The van der Waals surface area contributed by atoms with Gasteiger partial charge < -0.3 is 9.47 Å². The molecule has 0 heterocycles. The summed E-state index contributed by atoms with van der Waals surface area (Å²) in [5.74, 6) is 1.26. The number of allylic oxidation sites excluding steroid dienone is 1. The molecule has 2 aromatic carbocycles. The van der Waals surface area contributed by atoms with Crippen LogP contribution in [0.25, 0.3) is 6.08 Å². The molecule has 5 nitrogen and oxygen atoms in total. The van der Waals surface area contributed by atoms with E-state index in [0.29, 0.717) is 17.9 Å². The van der Waals surface area contributed by atoms with Gasteiger partial charge in [-0.2, -0.15) is 5.10 Å². The first kappa shape index (κ1) is 18.3. The Kier molecular flexibility index (Phi) is 6.77. The van der Waals surface area contributed by atoms with Crippen LogP contribution in [0.4, 0.5) is 0 Å². The van der Waals surface area contributed by atoms with E-state index in [9.17, 15) is 4.79 Å². The summed E-state index contributed by atoms with van der Waals surface area (Å²) in [5, 5.41) is 4.08. The molecule has 0 fully saturated rings. The number of benzene rings is 2. The second-order valence-corrected chi connectivity index (χ2v) is 5.26. The zero-order valence-corrected chi connectivity index (χ0v) is 14.7. The van der Waals surface area contributed by atoms with E-state index >= 15 is 0 Å². The number of amides is 1. The summed E-state index contributed by atoms with van der Waals surface area (Å²) in [5.41, 5.74) is 4.74. The van der Waals surface area contributed by atoms with Crippen LogP contribution in [0.2, 0.25) is 0 Å². The Labute approximate surface area is 148 Å². The van der Waals surface area contributed by atoms with Gasteiger partial charge >= 0.3 is 0 Å². The van der Waals surface area contributed by atoms with Gasteiger partial charge in [-0.05, 0) is 61.9 Å². The maximum Gasteiger partial charge on any atom is 0.271 e. The first-order valence-electron chi connectivity index (χ1n) is 8.02. The number of nitrogens with zero attached hydrogens (tertiary/aromatic N) is 1. The summed E-state index contributed by atoms with van der Waals surface area (Å²) in [6.07, 6.45) is 3.73. The zero-order valence-electron chi connectivity index (χ0n) is 14.7. The summed E-state index contributed by atoms with van der Waals surface area (Å²) in [4.78, 5) is 12.1. The van der Waals surface area contributed by atoms with Gasteiger partial charge in [-0.25, -0.2) is 5.43 Å². The van der Waals surface area contributed by atoms with Gasteiger partial charge in [0.15, 0.2) is 0 Å². The summed E-state index contributed by atoms with van der Waals surface area (Å²) in [7, 11) is 1.63. The number of nitrogens with one attached hydrogen (secondary N) is 1. The minimum absolute atomic E-state index is 0.267. The lowest BCUT2D eigenvalue weighted by molar-refractivity contribution is 0.0955. The maximum absolute atomic E-state index is 12.1. The van der Waals surface area contributed by atoms with E-state index in [1.165, 1.54) is 0 Å². The quantitative estimate of drug-likeness (QED) is 0.615. The highest BCUT2D eigenvalue weighted by Gasteiger charge is 2.04. The third-order valence-corrected chi connectivity index (χ3v) is 3.37. The summed E-state index contributed by atoms with van der Waals surface area (Å²) < 4.78 is 10.5. The van der Waals surface area contributed by atoms with Gasteiger partial charge in [0.05, 0.1) is 19.4 Å². The first-order valence-corrected chi connectivity index (χ1v) is 8.02. The number of carbonyl (C=O) groups is 1. The van der Waals surface area contributed by atoms with E-state index < -0.39 is 0 Å². The Morgan fingerprint density at radius 3 is 2.60 bits per heavy atom. The van der Waals surface area contributed by atoms with Gasteiger partial charge in [0, 0.05) is 5.56 Å². The molecule has 0 radical (unpaired) electrons. The van der Waals surface area contributed by atoms with Gasteiger partial charge in [0.25, 0.3) is 5.91 Å². The van der Waals surface area contributed by atoms with Crippen molar-refractivity contribution >= 4 is 17.7 Å². The van der Waals surface area contributed by atoms with Gasteiger partial charge in [-0.1, -0.05) is 18.2 Å². The Morgan fingerprint density at radius 1 is 1.16 bits per heavy atom. The van der Waals surface area contributed by atoms with Crippen LogP contribution in [-0.2, 0) is 0 Å². The Balaban J connectivity index is 1.95. The molecule has 0 saturated heterocycles. The highest BCUT2D eigenvalue weighted by atomic mass is 16.5. The van der Waals surface area contributed by atoms with Crippen LogP contribution >= 0.6 is 0 Å². The Bertz CT molecular complexity index is 765. The van der Waals surface area contributed by atoms with Crippen LogP contribution < -0.4 is 14.9 Å². The molecule has 0 aliphatic heterocycles. The lowest BCUT2D eigenvalue weighted by Crippen LogP contribution is -2.18. The van der Waals surface area contributed by atoms with E-state index in [1.54, 1.807) is 31.4 Å². The standard InChI is InChI=1S/C20H22N2O3/c1-4-25-18-12-10-17(11-13-18)20(23)22-21-15(2)8-9-16-6-5-7-19(14-16)24-3/h5-14H,4H2,1-3H3,(H,22,23). The van der Waals surface area contributed by atoms with Crippen molar-refractivity contribution in [2.45, 2.75) is 13.8 Å². The number of ether oxygens (including phenoxy) is 2. The van der Waals surface area contributed by atoms with Gasteiger partial charge in [0.1, 0.15) is 11.5 Å². The lowest BCUT2D eigenvalue weighted by Gasteiger charge is -2.04. The van der Waals surface area contributed by atoms with E-state index in [-0.39, 0.29) is 5.91 Å². The lowest BCUT2D eigenvalue weighted by atomic mass is 10.2. The molecule has 130 valence electrons. The largest absolute Gasteiger partial charge is 0.497 e. The first-order chi connectivity index (χ1) is 12.1. The third-order valence-electron chi connectivity index (χ3n) is 3.37. The van der Waals surface area contributed by atoms with E-state index in [1.807, 2.05) is 50.3 Å². The second-order valence-electron chi connectivity index (χ2n) is 5.26. The van der Waals surface area contributed by atoms with Crippen LogP contribution in [-0.4, -0.2) is 25.3 Å². The minimum atomic E-state index is -0.267. The molecule has 5 heteroatoms. The number of rotatable bonds is 7. The second kappa shape index (κ2) is 9.27. The van der Waals surface area contributed by atoms with Crippen molar-refractivity contribution in [1.29, 1.82) is 0 Å². The fourth-order valence-electron chi connectivity index (χ4n) is 2.07. The molecule has 0 bridgehead atoms. The molecule has 1 amide bonds. The van der Waals surface area contributed by atoms with Crippen molar-refractivity contribution in [3.63, 3.8) is 0 Å². The van der Waals surface area contributed by atoms with Crippen LogP contribution in [0.1, 0.15) is 29.8 Å². The zero-order chi connectivity index (χ0) is 18.1. The molecule has 0 aromatic heterocycles. The normalized spacial score (nSPS) is 11.4. The SMILES string of the molecule is CCOc1ccc(C(=O)NN=C(C)C=Cc2cccc(OC)c2)cc1. The molecule has 25 heavy (non-hydrogen) atoms. The summed E-state index contributed by atoms with van der Waals surface area (Å²) in [6, 6.07) is 14.6. The van der Waals surface area contributed by atoms with Crippen LogP contribution in [0.5, 0.6) is 11.5 Å². The molecule has 0 saturated carbocycles. The molecule has 2 aromatic rings. The van der Waals surface area contributed by atoms with Crippen molar-refractivity contribution in [1.82, 2.24) is 5.43 Å². The molecule has 0 aliphatic rings. The fraction of sp³-hybridized carbons (Fsp3) is 0.200. The summed E-state index contributed by atoms with van der Waals surface area (Å²) in [6.45, 7) is 4.32. The van der Waals surface area contributed by atoms with Gasteiger partial charge in [0.2, 0.25) is 0 Å². The highest BCUT2D eigenvalue weighted by molar-refractivity contribution is 5.99. The number of carbonyl (C=O) groups excluding carboxylic acids is 1. The molecule has 0 atom stereocenters. The molecule has 1 N–H and O–H groups in total. The van der Waals surface area contributed by atoms with Crippen LogP contribution in [0.15, 0.2) is 59.7 Å². The van der Waals surface area contributed by atoms with Crippen molar-refractivity contribution in [3.8, 4) is 11.5 Å². The molecule has 0 spiro atoms. The number of hydrogen-bond donors (Lipinski definition) is 1. The number of hydrazone groups is 1. The van der Waals surface area contributed by atoms with Crippen molar-refractivity contribution in [3.05, 3.63) is 65.7 Å². The van der Waals surface area contributed by atoms with Crippen molar-refractivity contribution < 1.29 is 14.3 Å². The van der Waals surface area contributed by atoms with Crippen LogP contribution in [0.3, 0.4) is 0 Å². The van der Waals surface area contributed by atoms with Gasteiger partial charge in [-0.3, -0.25) is 4.79 Å². The monoisotopic (exact) mass is 338 g/mol. The predicted octanol–water partition coefficient (Wildman–Crippen LogP) is 3.91. The predicted molar refractivity (Wildman–Crippen MR) is 100 cm³/mol. The molecule has 0 aliphatic carbocycles. The van der Waals surface area contributed by atoms with E-state index in [2.05, 4.69) is 10.5 Å². The minimum Gasteiger partial charge on any atom is -0.497 e. The molecule has 2 rings (SSSR count). The molecular formula is C20H22N2O3. The third kappa shape index (κ3) is 5.80. The highest BCUT2D eigenvalue weighted by Crippen LogP contribution is 2.14. The van der Waals surface area contributed by atoms with Crippen LogP contribution in [0, 0.1) is 0 Å². The molecular weight excluding hydrogens is 316 g/mol. The topological polar surface area (TPSA) is 59.9 Å². The van der Waals surface area contributed by atoms with Crippen molar-refractivity contribution in [2.75, 3.05) is 13.7 Å². The van der Waals surface area contributed by atoms with E-state index in [0.717, 1.165) is 17.1 Å². The average Bonchev–Trinajstić information content (AvgIpc) is 2.65. The number of methoxy groups -OCH3 is 1. The van der Waals surface area contributed by atoms with Gasteiger partial charge in [-0.15, -0.1) is 0 Å². The maximum atomic E-state index is 12.1. The number of hydrogen-bond acceptors (Lipinski definition) is 4. The average molecular weight is 338 g/mol. The van der Waals surface area contributed by atoms with Crippen molar-refractivity contribution in [2.24, 2.45) is 5.10 Å². The fourth-order valence-corrected chi connectivity index (χ4v) is 2.07.